The molecule has 0 aliphatic carbocycles. The van der Waals surface area contributed by atoms with Crippen molar-refractivity contribution in [3.8, 4) is 0 Å². The standard InChI is InChI=1S/C22H22N2O3S/c1-3-17-9-7-8-12-21(17)24-28(26,27)19-13-14-20(16(2)15-19)23-22(25)18-10-5-4-6-11-18/h4-15,24H,3H2,1-2H3,(H,23,25). The van der Waals surface area contributed by atoms with E-state index in [9.17, 15) is 13.2 Å². The Morgan fingerprint density at radius 2 is 1.57 bits per heavy atom. The van der Waals surface area contributed by atoms with Gasteiger partial charge in [0.05, 0.1) is 10.6 Å². The van der Waals surface area contributed by atoms with Gasteiger partial charge in [0.15, 0.2) is 0 Å². The molecule has 3 aromatic rings. The van der Waals surface area contributed by atoms with Gasteiger partial charge in [0.2, 0.25) is 0 Å². The SMILES string of the molecule is CCc1ccccc1NS(=O)(=O)c1ccc(NC(=O)c2ccccc2)c(C)c1. The van der Waals surface area contributed by atoms with Crippen LogP contribution in [0.4, 0.5) is 11.4 Å². The Hall–Kier alpha value is -3.12. The van der Waals surface area contributed by atoms with E-state index in [0.29, 0.717) is 22.5 Å². The Morgan fingerprint density at radius 3 is 2.25 bits per heavy atom. The number of hydrogen-bond donors (Lipinski definition) is 2. The molecule has 0 radical (unpaired) electrons. The van der Waals surface area contributed by atoms with Gasteiger partial charge in [0.1, 0.15) is 0 Å². The van der Waals surface area contributed by atoms with Gasteiger partial charge in [-0.05, 0) is 60.9 Å². The molecule has 1 amide bonds. The number of sulfonamides is 1. The molecule has 0 saturated heterocycles. The Kier molecular flexibility index (Phi) is 5.80. The molecule has 0 fully saturated rings. The van der Waals surface area contributed by atoms with Crippen molar-refractivity contribution in [2.75, 3.05) is 10.0 Å². The summed E-state index contributed by atoms with van der Waals surface area (Å²) in [4.78, 5) is 12.5. The molecule has 0 saturated carbocycles. The first-order chi connectivity index (χ1) is 13.4. The fourth-order valence-corrected chi connectivity index (χ4v) is 4.05. The summed E-state index contributed by atoms with van der Waals surface area (Å²) >= 11 is 0. The Labute approximate surface area is 165 Å². The minimum Gasteiger partial charge on any atom is -0.322 e. The lowest BCUT2D eigenvalue weighted by Crippen LogP contribution is -2.16. The van der Waals surface area contributed by atoms with Gasteiger partial charge in [0, 0.05) is 11.3 Å². The van der Waals surface area contributed by atoms with E-state index in [4.69, 9.17) is 0 Å². The summed E-state index contributed by atoms with van der Waals surface area (Å²) in [6.07, 6.45) is 0.724. The Morgan fingerprint density at radius 1 is 0.893 bits per heavy atom. The van der Waals surface area contributed by atoms with E-state index in [1.807, 2.05) is 25.1 Å². The lowest BCUT2D eigenvalue weighted by atomic mass is 10.1. The van der Waals surface area contributed by atoms with Gasteiger partial charge in [-0.2, -0.15) is 0 Å². The summed E-state index contributed by atoms with van der Waals surface area (Å²) in [5.74, 6) is -0.241. The van der Waals surface area contributed by atoms with Crippen molar-refractivity contribution in [1.29, 1.82) is 0 Å². The lowest BCUT2D eigenvalue weighted by Gasteiger charge is -2.14. The molecule has 5 nitrogen and oxygen atoms in total. The Bertz CT molecular complexity index is 1090. The topological polar surface area (TPSA) is 75.3 Å². The average molecular weight is 394 g/mol. The number of para-hydroxylation sites is 1. The maximum Gasteiger partial charge on any atom is 0.261 e. The molecule has 28 heavy (non-hydrogen) atoms. The quantitative estimate of drug-likeness (QED) is 0.641. The molecule has 6 heteroatoms. The smallest absolute Gasteiger partial charge is 0.261 e. The van der Waals surface area contributed by atoms with Crippen LogP contribution in [0.3, 0.4) is 0 Å². The molecule has 0 atom stereocenters. The number of anilines is 2. The van der Waals surface area contributed by atoms with Crippen molar-refractivity contribution >= 4 is 27.3 Å². The van der Waals surface area contributed by atoms with E-state index in [-0.39, 0.29) is 10.8 Å². The molecule has 0 unspecified atom stereocenters. The molecular weight excluding hydrogens is 372 g/mol. The molecule has 0 aromatic heterocycles. The van der Waals surface area contributed by atoms with Gasteiger partial charge in [-0.15, -0.1) is 0 Å². The highest BCUT2D eigenvalue weighted by molar-refractivity contribution is 7.92. The molecule has 144 valence electrons. The molecule has 0 aliphatic heterocycles. The summed E-state index contributed by atoms with van der Waals surface area (Å²) < 4.78 is 28.2. The summed E-state index contributed by atoms with van der Waals surface area (Å²) in [5, 5.41) is 2.82. The van der Waals surface area contributed by atoms with E-state index in [1.165, 1.54) is 6.07 Å². The van der Waals surface area contributed by atoms with E-state index in [0.717, 1.165) is 12.0 Å². The fraction of sp³-hybridized carbons (Fsp3) is 0.136. The summed E-state index contributed by atoms with van der Waals surface area (Å²) in [6.45, 7) is 3.74. The van der Waals surface area contributed by atoms with Crippen molar-refractivity contribution in [3.63, 3.8) is 0 Å². The summed E-state index contributed by atoms with van der Waals surface area (Å²) in [7, 11) is -3.73. The van der Waals surface area contributed by atoms with E-state index >= 15 is 0 Å². The summed E-state index contributed by atoms with van der Waals surface area (Å²) in [6, 6.07) is 20.8. The molecule has 0 bridgehead atoms. The van der Waals surface area contributed by atoms with E-state index < -0.39 is 10.0 Å². The predicted octanol–water partition coefficient (Wildman–Crippen LogP) is 4.61. The summed E-state index contributed by atoms with van der Waals surface area (Å²) in [5.41, 5.74) is 3.27. The van der Waals surface area contributed by atoms with Crippen molar-refractivity contribution in [2.24, 2.45) is 0 Å². The monoisotopic (exact) mass is 394 g/mol. The number of carbonyl (C=O) groups excluding carboxylic acids is 1. The number of hydrogen-bond acceptors (Lipinski definition) is 3. The molecule has 3 rings (SSSR count). The minimum atomic E-state index is -3.73. The highest BCUT2D eigenvalue weighted by atomic mass is 32.2. The van der Waals surface area contributed by atoms with Gasteiger partial charge in [0.25, 0.3) is 15.9 Å². The zero-order chi connectivity index (χ0) is 20.1. The highest BCUT2D eigenvalue weighted by Crippen LogP contribution is 2.24. The zero-order valence-electron chi connectivity index (χ0n) is 15.8. The normalized spacial score (nSPS) is 11.1. The minimum absolute atomic E-state index is 0.147. The van der Waals surface area contributed by atoms with Crippen molar-refractivity contribution in [1.82, 2.24) is 0 Å². The molecular formula is C22H22N2O3S. The van der Waals surface area contributed by atoms with Crippen molar-refractivity contribution in [3.05, 3.63) is 89.5 Å². The zero-order valence-corrected chi connectivity index (χ0v) is 16.6. The number of rotatable bonds is 6. The van der Waals surface area contributed by atoms with Crippen LogP contribution < -0.4 is 10.0 Å². The van der Waals surface area contributed by atoms with Gasteiger partial charge < -0.3 is 5.32 Å². The van der Waals surface area contributed by atoms with Crippen LogP contribution in [-0.4, -0.2) is 14.3 Å². The number of aryl methyl sites for hydroxylation is 2. The first-order valence-corrected chi connectivity index (χ1v) is 10.5. The molecule has 2 N–H and O–H groups in total. The van der Waals surface area contributed by atoms with Crippen molar-refractivity contribution < 1.29 is 13.2 Å². The first kappa shape index (κ1) is 19.6. The molecule has 0 spiro atoms. The maximum atomic E-state index is 12.8. The van der Waals surface area contributed by atoms with E-state index in [1.54, 1.807) is 55.5 Å². The third kappa shape index (κ3) is 4.40. The second kappa shape index (κ2) is 8.27. The van der Waals surface area contributed by atoms with Crippen LogP contribution in [0.5, 0.6) is 0 Å². The van der Waals surface area contributed by atoms with Gasteiger partial charge in [-0.1, -0.05) is 43.3 Å². The van der Waals surface area contributed by atoms with Crippen LogP contribution in [0, 0.1) is 6.92 Å². The molecule has 0 aliphatic rings. The van der Waals surface area contributed by atoms with Gasteiger partial charge in [-0.3, -0.25) is 9.52 Å². The molecule has 0 heterocycles. The number of amides is 1. The van der Waals surface area contributed by atoms with E-state index in [2.05, 4.69) is 10.0 Å². The highest BCUT2D eigenvalue weighted by Gasteiger charge is 2.17. The second-order valence-electron chi connectivity index (χ2n) is 6.41. The van der Waals surface area contributed by atoms with Crippen LogP contribution in [0.25, 0.3) is 0 Å². The first-order valence-electron chi connectivity index (χ1n) is 8.98. The van der Waals surface area contributed by atoms with Crippen LogP contribution in [0.2, 0.25) is 0 Å². The maximum absolute atomic E-state index is 12.8. The van der Waals surface area contributed by atoms with Crippen LogP contribution in [-0.2, 0) is 16.4 Å². The average Bonchev–Trinajstić information content (AvgIpc) is 2.70. The third-order valence-corrected chi connectivity index (χ3v) is 5.80. The van der Waals surface area contributed by atoms with Crippen LogP contribution in [0.15, 0.2) is 77.7 Å². The number of benzene rings is 3. The van der Waals surface area contributed by atoms with Crippen LogP contribution >= 0.6 is 0 Å². The van der Waals surface area contributed by atoms with Crippen molar-refractivity contribution in [2.45, 2.75) is 25.2 Å². The van der Waals surface area contributed by atoms with Gasteiger partial charge >= 0.3 is 0 Å². The predicted molar refractivity (Wildman–Crippen MR) is 112 cm³/mol. The number of nitrogens with one attached hydrogen (secondary N) is 2. The number of carbonyl (C=O) groups is 1. The van der Waals surface area contributed by atoms with Gasteiger partial charge in [-0.25, -0.2) is 8.42 Å². The van der Waals surface area contributed by atoms with Crippen LogP contribution in [0.1, 0.15) is 28.4 Å². The second-order valence-corrected chi connectivity index (χ2v) is 8.10. The third-order valence-electron chi connectivity index (χ3n) is 4.43. The largest absolute Gasteiger partial charge is 0.322 e. The fourth-order valence-electron chi connectivity index (χ4n) is 2.86. The Balaban J connectivity index is 1.82. The lowest BCUT2D eigenvalue weighted by molar-refractivity contribution is 0.102. The molecule has 3 aromatic carbocycles.